The first-order valence-electron chi connectivity index (χ1n) is 7.73. The van der Waals surface area contributed by atoms with Gasteiger partial charge >= 0.3 is 0 Å². The van der Waals surface area contributed by atoms with Crippen LogP contribution in [0.25, 0.3) is 0 Å². The van der Waals surface area contributed by atoms with Crippen LogP contribution in [-0.2, 0) is 16.6 Å². The van der Waals surface area contributed by atoms with Crippen molar-refractivity contribution >= 4 is 10.0 Å². The summed E-state index contributed by atoms with van der Waals surface area (Å²) in [6.07, 6.45) is 3.24. The van der Waals surface area contributed by atoms with E-state index in [0.717, 1.165) is 24.0 Å². The third-order valence-electron chi connectivity index (χ3n) is 4.09. The lowest BCUT2D eigenvalue weighted by Crippen LogP contribution is -2.29. The summed E-state index contributed by atoms with van der Waals surface area (Å²) in [5, 5.41) is 0. The summed E-state index contributed by atoms with van der Waals surface area (Å²) in [6.45, 7) is 3.46. The number of benzene rings is 1. The van der Waals surface area contributed by atoms with Gasteiger partial charge in [0.1, 0.15) is 0 Å². The lowest BCUT2D eigenvalue weighted by molar-refractivity contribution is 0.476. The van der Waals surface area contributed by atoms with Crippen molar-refractivity contribution < 1.29 is 8.42 Å². The first-order valence-corrected chi connectivity index (χ1v) is 9.17. The van der Waals surface area contributed by atoms with Crippen LogP contribution in [0, 0.1) is 6.92 Å². The molecule has 6 heteroatoms. The maximum atomic E-state index is 12.6. The number of aryl methyl sites for hydroxylation is 1. The Morgan fingerprint density at radius 2 is 1.83 bits per heavy atom. The standard InChI is InChI=1S/C17H20N2O3S/c1-14-5-4-6-15(11-14)12-18-13-16(7-8-17(18)20)23(21,22)19-9-2-3-10-19/h4-8,11,13H,2-3,9-10,12H2,1H3. The molecule has 1 aliphatic heterocycles. The van der Waals surface area contributed by atoms with Crippen molar-refractivity contribution in [1.82, 2.24) is 8.87 Å². The maximum absolute atomic E-state index is 12.6. The Labute approximate surface area is 136 Å². The highest BCUT2D eigenvalue weighted by Gasteiger charge is 2.27. The van der Waals surface area contributed by atoms with Crippen molar-refractivity contribution in [3.8, 4) is 0 Å². The summed E-state index contributed by atoms with van der Waals surface area (Å²) in [5.41, 5.74) is 1.88. The summed E-state index contributed by atoms with van der Waals surface area (Å²) in [7, 11) is -3.50. The van der Waals surface area contributed by atoms with Crippen LogP contribution in [0.2, 0.25) is 0 Å². The smallest absolute Gasteiger partial charge is 0.250 e. The van der Waals surface area contributed by atoms with Gasteiger partial charge in [-0.3, -0.25) is 4.79 Å². The number of pyridine rings is 1. The number of nitrogens with zero attached hydrogens (tertiary/aromatic N) is 2. The van der Waals surface area contributed by atoms with Gasteiger partial charge < -0.3 is 4.57 Å². The van der Waals surface area contributed by atoms with E-state index in [2.05, 4.69) is 0 Å². The Morgan fingerprint density at radius 3 is 2.52 bits per heavy atom. The average molecular weight is 332 g/mol. The van der Waals surface area contributed by atoms with Crippen LogP contribution in [0.15, 0.2) is 52.3 Å². The van der Waals surface area contributed by atoms with Gasteiger partial charge in [0.25, 0.3) is 5.56 Å². The minimum absolute atomic E-state index is 0.187. The van der Waals surface area contributed by atoms with Crippen molar-refractivity contribution in [2.45, 2.75) is 31.2 Å². The highest BCUT2D eigenvalue weighted by Crippen LogP contribution is 2.20. The maximum Gasteiger partial charge on any atom is 0.250 e. The van der Waals surface area contributed by atoms with Crippen LogP contribution >= 0.6 is 0 Å². The summed E-state index contributed by atoms with van der Waals surface area (Å²) in [6, 6.07) is 10.6. The Morgan fingerprint density at radius 1 is 1.09 bits per heavy atom. The molecule has 0 amide bonds. The molecule has 1 fully saturated rings. The van der Waals surface area contributed by atoms with E-state index >= 15 is 0 Å². The number of sulfonamides is 1. The molecule has 0 spiro atoms. The zero-order chi connectivity index (χ0) is 16.4. The van der Waals surface area contributed by atoms with Gasteiger partial charge in [-0.15, -0.1) is 0 Å². The number of hydrogen-bond donors (Lipinski definition) is 0. The molecule has 0 unspecified atom stereocenters. The van der Waals surface area contributed by atoms with E-state index in [9.17, 15) is 13.2 Å². The fraction of sp³-hybridized carbons (Fsp3) is 0.353. The second-order valence-electron chi connectivity index (χ2n) is 5.93. The molecule has 122 valence electrons. The van der Waals surface area contributed by atoms with Crippen molar-refractivity contribution in [2.75, 3.05) is 13.1 Å². The summed E-state index contributed by atoms with van der Waals surface area (Å²) < 4.78 is 28.2. The largest absolute Gasteiger partial charge is 0.310 e. The molecule has 0 atom stereocenters. The Hall–Kier alpha value is -1.92. The third kappa shape index (κ3) is 3.38. The Balaban J connectivity index is 1.94. The molecule has 5 nitrogen and oxygen atoms in total. The van der Waals surface area contributed by atoms with E-state index in [4.69, 9.17) is 0 Å². The zero-order valence-corrected chi connectivity index (χ0v) is 13.9. The number of hydrogen-bond acceptors (Lipinski definition) is 3. The Kier molecular flexibility index (Phi) is 4.37. The summed E-state index contributed by atoms with van der Waals surface area (Å²) >= 11 is 0. The van der Waals surface area contributed by atoms with Gasteiger partial charge in [-0.05, 0) is 31.4 Å². The molecule has 0 saturated carbocycles. The third-order valence-corrected chi connectivity index (χ3v) is 5.98. The van der Waals surface area contributed by atoms with E-state index in [1.54, 1.807) is 0 Å². The quantitative estimate of drug-likeness (QED) is 0.860. The molecule has 0 radical (unpaired) electrons. The molecule has 2 aromatic rings. The number of rotatable bonds is 4. The normalized spacial score (nSPS) is 15.9. The highest BCUT2D eigenvalue weighted by atomic mass is 32.2. The molecule has 2 heterocycles. The van der Waals surface area contributed by atoms with Crippen molar-refractivity contribution in [3.63, 3.8) is 0 Å². The van der Waals surface area contributed by atoms with E-state index in [1.165, 1.54) is 27.2 Å². The van der Waals surface area contributed by atoms with Crippen LogP contribution in [0.3, 0.4) is 0 Å². The topological polar surface area (TPSA) is 59.4 Å². The SMILES string of the molecule is Cc1cccc(Cn2cc(S(=O)(=O)N3CCCC3)ccc2=O)c1. The van der Waals surface area contributed by atoms with Gasteiger partial charge in [-0.1, -0.05) is 29.8 Å². The van der Waals surface area contributed by atoms with Gasteiger partial charge in [0, 0.05) is 25.4 Å². The zero-order valence-electron chi connectivity index (χ0n) is 13.1. The minimum Gasteiger partial charge on any atom is -0.310 e. The molecular formula is C17H20N2O3S. The number of aromatic nitrogens is 1. The summed E-state index contributed by atoms with van der Waals surface area (Å²) in [4.78, 5) is 12.3. The van der Waals surface area contributed by atoms with Crippen LogP contribution in [0.5, 0.6) is 0 Å². The van der Waals surface area contributed by atoms with Crippen LogP contribution < -0.4 is 5.56 Å². The first-order chi connectivity index (χ1) is 11.0. The molecule has 1 aliphatic rings. The fourth-order valence-electron chi connectivity index (χ4n) is 2.87. The van der Waals surface area contributed by atoms with Gasteiger partial charge in [0.15, 0.2) is 0 Å². The second kappa shape index (κ2) is 6.29. The predicted octanol–water partition coefficient (Wildman–Crippen LogP) is 1.99. The first kappa shape index (κ1) is 16.0. The lowest BCUT2D eigenvalue weighted by atomic mass is 10.1. The molecule has 3 rings (SSSR count). The minimum atomic E-state index is -3.50. The molecular weight excluding hydrogens is 312 g/mol. The van der Waals surface area contributed by atoms with Crippen molar-refractivity contribution in [3.05, 3.63) is 64.1 Å². The lowest BCUT2D eigenvalue weighted by Gasteiger charge is -2.16. The highest BCUT2D eigenvalue weighted by molar-refractivity contribution is 7.89. The Bertz CT molecular complexity index is 865. The molecule has 23 heavy (non-hydrogen) atoms. The van der Waals surface area contributed by atoms with Gasteiger partial charge in [-0.25, -0.2) is 8.42 Å². The monoisotopic (exact) mass is 332 g/mol. The predicted molar refractivity (Wildman–Crippen MR) is 89.0 cm³/mol. The van der Waals surface area contributed by atoms with E-state index in [-0.39, 0.29) is 10.5 Å². The van der Waals surface area contributed by atoms with Gasteiger partial charge in [0.05, 0.1) is 11.4 Å². The van der Waals surface area contributed by atoms with Crippen LogP contribution in [0.1, 0.15) is 24.0 Å². The van der Waals surface area contributed by atoms with E-state index < -0.39 is 10.0 Å². The molecule has 0 bridgehead atoms. The van der Waals surface area contributed by atoms with Crippen LogP contribution in [0.4, 0.5) is 0 Å². The molecule has 0 aliphatic carbocycles. The molecule has 1 aromatic carbocycles. The fourth-order valence-corrected chi connectivity index (χ4v) is 4.41. The molecule has 1 aromatic heterocycles. The van der Waals surface area contributed by atoms with Crippen molar-refractivity contribution in [2.24, 2.45) is 0 Å². The van der Waals surface area contributed by atoms with Crippen LogP contribution in [-0.4, -0.2) is 30.4 Å². The van der Waals surface area contributed by atoms with E-state index in [0.29, 0.717) is 19.6 Å². The van der Waals surface area contributed by atoms with Gasteiger partial charge in [0.2, 0.25) is 10.0 Å². The summed E-state index contributed by atoms with van der Waals surface area (Å²) in [5.74, 6) is 0. The van der Waals surface area contributed by atoms with E-state index in [1.807, 2.05) is 31.2 Å². The molecule has 0 N–H and O–H groups in total. The van der Waals surface area contributed by atoms with Gasteiger partial charge in [-0.2, -0.15) is 4.31 Å². The second-order valence-corrected chi connectivity index (χ2v) is 7.87. The average Bonchev–Trinajstić information content (AvgIpc) is 3.04. The van der Waals surface area contributed by atoms with Crippen molar-refractivity contribution in [1.29, 1.82) is 0 Å². The molecule has 1 saturated heterocycles.